The van der Waals surface area contributed by atoms with E-state index in [1.54, 1.807) is 0 Å². The van der Waals surface area contributed by atoms with Gasteiger partial charge in [-0.15, -0.1) is 0 Å². The van der Waals surface area contributed by atoms with Crippen LogP contribution in [0, 0.1) is 3.57 Å². The van der Waals surface area contributed by atoms with Gasteiger partial charge in [0.2, 0.25) is 0 Å². The van der Waals surface area contributed by atoms with Gasteiger partial charge in [-0.2, -0.15) is 0 Å². The van der Waals surface area contributed by atoms with Crippen molar-refractivity contribution in [3.8, 4) is 5.75 Å². The highest BCUT2D eigenvalue weighted by molar-refractivity contribution is 14.1. The van der Waals surface area contributed by atoms with E-state index in [1.807, 2.05) is 19.3 Å². The van der Waals surface area contributed by atoms with Crippen LogP contribution in [0.2, 0.25) is 0 Å². The van der Waals surface area contributed by atoms with E-state index in [2.05, 4.69) is 32.9 Å². The van der Waals surface area contributed by atoms with E-state index in [0.29, 0.717) is 6.10 Å². The number of nitrogens with one attached hydrogen (secondary N) is 1. The summed E-state index contributed by atoms with van der Waals surface area (Å²) in [5.41, 5.74) is 0. The number of halogens is 1. The third-order valence-electron chi connectivity index (χ3n) is 1.89. The zero-order valence-electron chi connectivity index (χ0n) is 7.38. The number of hydrogen-bond donors (Lipinski definition) is 1. The summed E-state index contributed by atoms with van der Waals surface area (Å²) >= 11 is 2.24. The highest BCUT2D eigenvalue weighted by Crippen LogP contribution is 2.30. The topological polar surface area (TPSA) is 34.1 Å². The maximum absolute atomic E-state index is 5.71. The molecule has 0 aliphatic heterocycles. The van der Waals surface area contributed by atoms with Crippen molar-refractivity contribution in [1.82, 2.24) is 4.98 Å². The monoisotopic (exact) mass is 290 g/mol. The number of anilines is 1. The lowest BCUT2D eigenvalue weighted by Gasteiger charge is -2.07. The van der Waals surface area contributed by atoms with Crippen LogP contribution in [0.1, 0.15) is 12.8 Å². The van der Waals surface area contributed by atoms with Crippen LogP contribution in [0.3, 0.4) is 0 Å². The summed E-state index contributed by atoms with van der Waals surface area (Å²) in [4.78, 5) is 4.19. The highest BCUT2D eigenvalue weighted by Gasteiger charge is 2.24. The smallest absolute Gasteiger partial charge is 0.138 e. The Labute approximate surface area is 91.0 Å². The van der Waals surface area contributed by atoms with Crippen LogP contribution in [-0.2, 0) is 0 Å². The second kappa shape index (κ2) is 3.69. The third-order valence-corrected chi connectivity index (χ3v) is 2.70. The quantitative estimate of drug-likeness (QED) is 0.867. The summed E-state index contributed by atoms with van der Waals surface area (Å²) in [7, 11) is 1.86. The van der Waals surface area contributed by atoms with Crippen LogP contribution in [0.25, 0.3) is 0 Å². The summed E-state index contributed by atoms with van der Waals surface area (Å²) in [5.74, 6) is 1.80. The SMILES string of the molecule is CNc1cc(OC2CC2)c(I)cn1. The Bertz CT molecular complexity index is 312. The lowest BCUT2D eigenvalue weighted by atomic mass is 10.4. The van der Waals surface area contributed by atoms with E-state index < -0.39 is 0 Å². The molecule has 70 valence electrons. The summed E-state index contributed by atoms with van der Waals surface area (Å²) in [6.45, 7) is 0. The van der Waals surface area contributed by atoms with Crippen LogP contribution in [0.4, 0.5) is 5.82 Å². The van der Waals surface area contributed by atoms with Crippen molar-refractivity contribution < 1.29 is 4.74 Å². The Hall–Kier alpha value is -0.520. The van der Waals surface area contributed by atoms with Gasteiger partial charge in [0, 0.05) is 19.3 Å². The lowest BCUT2D eigenvalue weighted by Crippen LogP contribution is -2.00. The molecule has 13 heavy (non-hydrogen) atoms. The molecule has 0 aromatic carbocycles. The molecule has 1 N–H and O–H groups in total. The standard InChI is InChI=1S/C9H11IN2O/c1-11-9-4-8(7(10)5-12-9)13-6-2-3-6/h4-6H,2-3H2,1H3,(H,11,12). The predicted molar refractivity (Wildman–Crippen MR) is 60.2 cm³/mol. The van der Waals surface area contributed by atoms with E-state index in [9.17, 15) is 0 Å². The van der Waals surface area contributed by atoms with Crippen molar-refractivity contribution in [2.45, 2.75) is 18.9 Å². The minimum absolute atomic E-state index is 0.445. The summed E-state index contributed by atoms with van der Waals surface area (Å²) < 4.78 is 6.78. The number of nitrogens with zero attached hydrogens (tertiary/aromatic N) is 1. The molecule has 0 saturated heterocycles. The first-order chi connectivity index (χ1) is 6.29. The van der Waals surface area contributed by atoms with Crippen LogP contribution < -0.4 is 10.1 Å². The maximum Gasteiger partial charge on any atom is 0.138 e. The highest BCUT2D eigenvalue weighted by atomic mass is 127. The largest absolute Gasteiger partial charge is 0.489 e. The molecular weight excluding hydrogens is 279 g/mol. The first-order valence-electron chi connectivity index (χ1n) is 4.29. The molecule has 0 atom stereocenters. The molecule has 1 heterocycles. The van der Waals surface area contributed by atoms with Crippen molar-refractivity contribution in [3.63, 3.8) is 0 Å². The van der Waals surface area contributed by atoms with Gasteiger partial charge >= 0.3 is 0 Å². The Balaban J connectivity index is 2.19. The summed E-state index contributed by atoms with van der Waals surface area (Å²) in [6.07, 6.45) is 4.64. The fourth-order valence-corrected chi connectivity index (χ4v) is 1.43. The van der Waals surface area contributed by atoms with Gasteiger partial charge in [-0.1, -0.05) is 0 Å². The van der Waals surface area contributed by atoms with E-state index >= 15 is 0 Å². The molecule has 1 aromatic heterocycles. The molecule has 0 radical (unpaired) electrons. The molecule has 0 spiro atoms. The second-order valence-electron chi connectivity index (χ2n) is 3.07. The number of hydrogen-bond acceptors (Lipinski definition) is 3. The van der Waals surface area contributed by atoms with Gasteiger partial charge in [0.1, 0.15) is 11.6 Å². The average Bonchev–Trinajstić information content (AvgIpc) is 2.93. The lowest BCUT2D eigenvalue weighted by molar-refractivity contribution is 0.301. The van der Waals surface area contributed by atoms with E-state index in [0.717, 1.165) is 15.1 Å². The number of ether oxygens (including phenoxy) is 1. The Morgan fingerprint density at radius 3 is 3.00 bits per heavy atom. The van der Waals surface area contributed by atoms with Crippen molar-refractivity contribution in [2.24, 2.45) is 0 Å². The van der Waals surface area contributed by atoms with Crippen LogP contribution >= 0.6 is 22.6 Å². The van der Waals surface area contributed by atoms with E-state index in [1.165, 1.54) is 12.8 Å². The van der Waals surface area contributed by atoms with Gasteiger partial charge in [0.05, 0.1) is 9.67 Å². The number of pyridine rings is 1. The van der Waals surface area contributed by atoms with Crippen molar-refractivity contribution in [1.29, 1.82) is 0 Å². The van der Waals surface area contributed by atoms with Gasteiger partial charge in [-0.05, 0) is 35.4 Å². The van der Waals surface area contributed by atoms with Gasteiger partial charge < -0.3 is 10.1 Å². The minimum Gasteiger partial charge on any atom is -0.489 e. The normalized spacial score (nSPS) is 15.5. The Morgan fingerprint density at radius 2 is 2.38 bits per heavy atom. The van der Waals surface area contributed by atoms with E-state index in [4.69, 9.17) is 4.74 Å². The molecule has 1 fully saturated rings. The maximum atomic E-state index is 5.71. The molecule has 1 aliphatic rings. The molecule has 1 aliphatic carbocycles. The zero-order valence-corrected chi connectivity index (χ0v) is 9.54. The third kappa shape index (κ3) is 2.24. The molecule has 1 aromatic rings. The minimum atomic E-state index is 0.445. The van der Waals surface area contributed by atoms with Gasteiger partial charge in [0.25, 0.3) is 0 Å². The first kappa shape index (κ1) is 9.05. The molecule has 0 amide bonds. The number of aromatic nitrogens is 1. The second-order valence-corrected chi connectivity index (χ2v) is 4.23. The zero-order chi connectivity index (χ0) is 9.26. The predicted octanol–water partition coefficient (Wildman–Crippen LogP) is 2.27. The summed E-state index contributed by atoms with van der Waals surface area (Å²) in [6, 6.07) is 1.94. The van der Waals surface area contributed by atoms with E-state index in [-0.39, 0.29) is 0 Å². The fourth-order valence-electron chi connectivity index (χ4n) is 1.01. The average molecular weight is 290 g/mol. The molecule has 0 unspecified atom stereocenters. The van der Waals surface area contributed by atoms with Gasteiger partial charge in [-0.3, -0.25) is 0 Å². The van der Waals surface area contributed by atoms with Crippen LogP contribution in [0.15, 0.2) is 12.3 Å². The molecule has 4 heteroatoms. The number of rotatable bonds is 3. The fraction of sp³-hybridized carbons (Fsp3) is 0.444. The van der Waals surface area contributed by atoms with Crippen LogP contribution in [-0.4, -0.2) is 18.1 Å². The molecule has 3 nitrogen and oxygen atoms in total. The Kier molecular flexibility index (Phi) is 2.57. The Morgan fingerprint density at radius 1 is 1.62 bits per heavy atom. The molecule has 2 rings (SSSR count). The van der Waals surface area contributed by atoms with Crippen molar-refractivity contribution in [3.05, 3.63) is 15.8 Å². The van der Waals surface area contributed by atoms with Gasteiger partial charge in [-0.25, -0.2) is 4.98 Å². The van der Waals surface area contributed by atoms with Crippen LogP contribution in [0.5, 0.6) is 5.75 Å². The first-order valence-corrected chi connectivity index (χ1v) is 5.37. The van der Waals surface area contributed by atoms with Crippen molar-refractivity contribution in [2.75, 3.05) is 12.4 Å². The van der Waals surface area contributed by atoms with Crippen molar-refractivity contribution >= 4 is 28.4 Å². The summed E-state index contributed by atoms with van der Waals surface area (Å²) in [5, 5.41) is 2.99. The molecular formula is C9H11IN2O. The van der Waals surface area contributed by atoms with Gasteiger partial charge in [0.15, 0.2) is 0 Å². The molecule has 0 bridgehead atoms. The molecule has 1 saturated carbocycles.